The van der Waals surface area contributed by atoms with E-state index >= 15 is 0 Å². The third kappa shape index (κ3) is 15.4. The molecule has 0 radical (unpaired) electrons. The molecule has 53 heavy (non-hydrogen) atoms. The van der Waals surface area contributed by atoms with Crippen LogP contribution in [0.4, 0.5) is 9.59 Å². The Balaban J connectivity index is 0.000000305. The number of amides is 3. The van der Waals surface area contributed by atoms with Gasteiger partial charge in [-0.25, -0.2) is 22.7 Å². The van der Waals surface area contributed by atoms with Crippen molar-refractivity contribution in [2.75, 3.05) is 26.2 Å². The Bertz CT molecular complexity index is 1660. The minimum atomic E-state index is -1.01. The molecule has 2 heterocycles. The summed E-state index contributed by atoms with van der Waals surface area (Å²) < 4.78 is 10.6. The number of hydrogen-bond acceptors (Lipinski definition) is 7. The van der Waals surface area contributed by atoms with Gasteiger partial charge in [0, 0.05) is 49.1 Å². The fraction of sp³-hybridized carbons (Fsp3) is 0.526. The quantitative estimate of drug-likeness (QED) is 0.177. The van der Waals surface area contributed by atoms with Gasteiger partial charge in [0.05, 0.1) is 25.7 Å². The van der Waals surface area contributed by atoms with E-state index in [0.29, 0.717) is 74.7 Å². The zero-order chi connectivity index (χ0) is 40.0. The number of nitrogens with two attached hydrogens (primary N) is 1. The number of nitrogens with one attached hydrogen (secondary N) is 1. The number of hydrogen-bond donors (Lipinski definition) is 2. The number of halogens is 3. The summed E-state index contributed by atoms with van der Waals surface area (Å²) in [4.78, 5) is 57.3. The number of piperidine rings is 2. The highest BCUT2D eigenvalue weighted by atomic mass is 35.5. The fourth-order valence-electron chi connectivity index (χ4n) is 5.02. The van der Waals surface area contributed by atoms with Crippen molar-refractivity contribution in [2.45, 2.75) is 102 Å². The van der Waals surface area contributed by atoms with E-state index in [9.17, 15) is 19.2 Å². The fourth-order valence-corrected chi connectivity index (χ4v) is 5.47. The molecule has 2 aliphatic heterocycles. The second-order valence-electron chi connectivity index (χ2n) is 14.7. The average molecular weight is 792 g/mol. The number of rotatable bonds is 5. The third-order valence-corrected chi connectivity index (χ3v) is 8.79. The highest BCUT2D eigenvalue weighted by molar-refractivity contribution is 6.67. The summed E-state index contributed by atoms with van der Waals surface area (Å²) in [6.45, 7) is 27.2. The lowest BCUT2D eigenvalue weighted by molar-refractivity contribution is 0.0165. The number of likely N-dealkylation sites (tertiary alicyclic amines) is 2. The van der Waals surface area contributed by atoms with Gasteiger partial charge in [-0.15, -0.1) is 23.2 Å². The van der Waals surface area contributed by atoms with Crippen LogP contribution in [0.3, 0.4) is 0 Å². The molecular weight excluding hydrogens is 743 g/mol. The molecule has 2 aliphatic rings. The summed E-state index contributed by atoms with van der Waals surface area (Å²) in [5, 5.41) is 2.40. The number of nitrogens with zero attached hydrogens (tertiary/aromatic N) is 4. The van der Waals surface area contributed by atoms with Crippen molar-refractivity contribution in [3.63, 3.8) is 0 Å². The van der Waals surface area contributed by atoms with E-state index < -0.39 is 33.9 Å². The van der Waals surface area contributed by atoms with Crippen molar-refractivity contribution in [1.29, 1.82) is 0 Å². The van der Waals surface area contributed by atoms with E-state index in [1.807, 2.05) is 53.7 Å². The molecule has 2 aromatic rings. The minimum Gasteiger partial charge on any atom is -0.444 e. The average Bonchev–Trinajstić information content (AvgIpc) is 3.11. The van der Waals surface area contributed by atoms with Gasteiger partial charge in [0.2, 0.25) is 0 Å². The molecule has 3 N–H and O–H groups in total. The molecule has 3 amide bonds. The maximum absolute atomic E-state index is 12.5. The Hall–Kier alpha value is -4.07. The molecule has 0 atom stereocenters. The van der Waals surface area contributed by atoms with Crippen LogP contribution in [0, 0.1) is 13.1 Å². The van der Waals surface area contributed by atoms with E-state index in [1.165, 1.54) is 0 Å². The van der Waals surface area contributed by atoms with Gasteiger partial charge in [-0.05, 0) is 82.5 Å². The number of alkyl halides is 2. The van der Waals surface area contributed by atoms with Crippen molar-refractivity contribution in [3.05, 3.63) is 93.6 Å². The Morgan fingerprint density at radius 1 is 0.755 bits per heavy atom. The molecule has 4 rings (SSSR count). The van der Waals surface area contributed by atoms with Gasteiger partial charge in [-0.3, -0.25) is 30.3 Å². The van der Waals surface area contributed by atoms with E-state index in [2.05, 4.69) is 15.0 Å². The van der Waals surface area contributed by atoms with Crippen LogP contribution >= 0.6 is 34.8 Å². The second-order valence-corrected chi connectivity index (χ2v) is 15.6. The maximum Gasteiger partial charge on any atom is 0.410 e. The number of carbonyl (C=O) groups is 4. The van der Waals surface area contributed by atoms with Crippen molar-refractivity contribution >= 4 is 58.1 Å². The molecule has 0 spiro atoms. The van der Waals surface area contributed by atoms with Gasteiger partial charge in [-0.1, -0.05) is 30.3 Å². The molecule has 2 saturated heterocycles. The summed E-state index contributed by atoms with van der Waals surface area (Å²) in [5.41, 5.74) is 5.68. The number of carbonyl (C=O) groups excluding carboxylic acids is 4. The van der Waals surface area contributed by atoms with Crippen LogP contribution in [0.15, 0.2) is 48.5 Å². The molecule has 15 heteroatoms. The first-order valence-corrected chi connectivity index (χ1v) is 18.5. The normalized spacial score (nSPS) is 16.2. The van der Waals surface area contributed by atoms with Crippen molar-refractivity contribution in [2.24, 2.45) is 5.73 Å². The first-order chi connectivity index (χ1) is 24.7. The van der Waals surface area contributed by atoms with Gasteiger partial charge in [0.15, 0.2) is 0 Å². The minimum absolute atomic E-state index is 0.307. The third-order valence-electron chi connectivity index (χ3n) is 7.96. The Morgan fingerprint density at radius 3 is 1.55 bits per heavy atom. The topological polar surface area (TPSA) is 140 Å². The SMILES string of the molecule is O=C(Cl)c1cccc(CCl)c1.[C-]#[N+]C1(N)CCN(C(=O)OC(C)(C)C)CC1.[C-]#[N+]C1(NC(=O)c2cccc(CCl)c2)CCN(C(=O)OC(C)(C)C)CC1. The molecule has 2 aromatic carbocycles. The lowest BCUT2D eigenvalue weighted by atomic mass is 9.97. The van der Waals surface area contributed by atoms with Gasteiger partial charge >= 0.3 is 17.8 Å². The van der Waals surface area contributed by atoms with Crippen LogP contribution in [-0.2, 0) is 21.2 Å². The van der Waals surface area contributed by atoms with Crippen molar-refractivity contribution in [1.82, 2.24) is 15.1 Å². The first kappa shape index (κ1) is 45.1. The monoisotopic (exact) mass is 790 g/mol. The highest BCUT2D eigenvalue weighted by Gasteiger charge is 2.44. The summed E-state index contributed by atoms with van der Waals surface area (Å²) in [7, 11) is 0. The second kappa shape index (κ2) is 19.8. The lowest BCUT2D eigenvalue weighted by Crippen LogP contribution is -2.54. The van der Waals surface area contributed by atoms with Gasteiger partial charge < -0.3 is 19.3 Å². The molecule has 2 fully saturated rings. The van der Waals surface area contributed by atoms with Crippen LogP contribution in [-0.4, -0.2) is 81.8 Å². The molecule has 0 aliphatic carbocycles. The summed E-state index contributed by atoms with van der Waals surface area (Å²) in [6.07, 6.45) is 1.02. The molecule has 12 nitrogen and oxygen atoms in total. The predicted octanol–water partition coefficient (Wildman–Crippen LogP) is 8.20. The molecule has 0 aromatic heterocycles. The molecule has 0 saturated carbocycles. The Morgan fingerprint density at radius 2 is 1.17 bits per heavy atom. The van der Waals surface area contributed by atoms with Crippen LogP contribution in [0.25, 0.3) is 9.69 Å². The summed E-state index contributed by atoms with van der Waals surface area (Å²) in [5.74, 6) is 0.413. The molecule has 288 valence electrons. The molecular formula is C38H49Cl3N6O6. The lowest BCUT2D eigenvalue weighted by Gasteiger charge is -2.35. The maximum atomic E-state index is 12.5. The van der Waals surface area contributed by atoms with E-state index in [1.54, 1.807) is 46.2 Å². The van der Waals surface area contributed by atoms with Crippen LogP contribution < -0.4 is 11.1 Å². The number of ether oxygens (including phenoxy) is 2. The van der Waals surface area contributed by atoms with E-state index in [4.69, 9.17) is 63.2 Å². The van der Waals surface area contributed by atoms with Gasteiger partial charge in [-0.2, -0.15) is 0 Å². The van der Waals surface area contributed by atoms with E-state index in [0.717, 1.165) is 11.1 Å². The smallest absolute Gasteiger partial charge is 0.410 e. The van der Waals surface area contributed by atoms with Gasteiger partial charge in [0.1, 0.15) is 11.2 Å². The van der Waals surface area contributed by atoms with Crippen molar-refractivity contribution in [3.8, 4) is 0 Å². The Kier molecular flexibility index (Phi) is 16.9. The Labute approximate surface area is 327 Å². The summed E-state index contributed by atoms with van der Waals surface area (Å²) >= 11 is 16.6. The van der Waals surface area contributed by atoms with Gasteiger partial charge in [0.25, 0.3) is 16.8 Å². The highest BCUT2D eigenvalue weighted by Crippen LogP contribution is 2.26. The predicted molar refractivity (Wildman–Crippen MR) is 207 cm³/mol. The standard InChI is InChI=1S/C19H24ClN3O3.C11H19N3O2.C8H6Cl2O/c1-18(2,3)26-17(25)23-10-8-19(21-4,9-11-23)22-16(24)15-7-5-6-14(12-15)13-20;1-10(2,3)16-9(15)14-7-5-11(12,13-4)6-8-14;9-5-6-2-1-3-7(4-6)8(10)11/h5-7,12H,8-11,13H2,1-3H3,(H,22,24);5-8,12H2,1-3H3;1-4H,5H2. The number of benzene rings is 2. The largest absolute Gasteiger partial charge is 0.444 e. The van der Waals surface area contributed by atoms with Crippen molar-refractivity contribution < 1.29 is 28.7 Å². The van der Waals surface area contributed by atoms with Crippen LogP contribution in [0.2, 0.25) is 0 Å². The zero-order valence-corrected chi connectivity index (χ0v) is 33.4. The molecule has 0 unspecified atom stereocenters. The summed E-state index contributed by atoms with van der Waals surface area (Å²) in [6, 6.07) is 14.0. The zero-order valence-electron chi connectivity index (χ0n) is 31.1. The first-order valence-electron chi connectivity index (χ1n) is 17.0. The van der Waals surface area contributed by atoms with E-state index in [-0.39, 0.29) is 12.0 Å². The molecule has 0 bridgehead atoms. The van der Waals surface area contributed by atoms with Crippen LogP contribution in [0.1, 0.15) is 99.1 Å². The van der Waals surface area contributed by atoms with Crippen LogP contribution in [0.5, 0.6) is 0 Å².